The van der Waals surface area contributed by atoms with Crippen LogP contribution in [0.5, 0.6) is 11.5 Å². The minimum atomic E-state index is -0.988. The summed E-state index contributed by atoms with van der Waals surface area (Å²) in [5, 5.41) is 27.9. The molecule has 0 saturated heterocycles. The van der Waals surface area contributed by atoms with E-state index in [4.69, 9.17) is 5.11 Å². The van der Waals surface area contributed by atoms with E-state index in [1.54, 1.807) is 6.92 Å². The predicted octanol–water partition coefficient (Wildman–Crippen LogP) is 1.85. The molecule has 15 heavy (non-hydrogen) atoms. The van der Waals surface area contributed by atoms with Crippen LogP contribution in [0.15, 0.2) is 12.1 Å². The van der Waals surface area contributed by atoms with E-state index in [2.05, 4.69) is 0 Å². The second-order valence-corrected chi connectivity index (χ2v) is 3.45. The van der Waals surface area contributed by atoms with Crippen LogP contribution in [0.4, 0.5) is 0 Å². The lowest BCUT2D eigenvalue weighted by molar-refractivity contribution is -0.138. The highest BCUT2D eigenvalue weighted by Crippen LogP contribution is 2.32. The standard InChI is InChI=1S/C11H14O4/c1-3-8-9(12)4-7(5-10(8)13)6(2)11(14)15/h4-6,12-13H,3H2,1-2H3,(H,14,15). The molecule has 1 atom stereocenters. The molecule has 4 nitrogen and oxygen atoms in total. The third-order valence-corrected chi connectivity index (χ3v) is 2.45. The van der Waals surface area contributed by atoms with Crippen molar-refractivity contribution in [2.24, 2.45) is 0 Å². The van der Waals surface area contributed by atoms with Gasteiger partial charge in [0.1, 0.15) is 11.5 Å². The number of benzene rings is 1. The van der Waals surface area contributed by atoms with Crippen molar-refractivity contribution < 1.29 is 20.1 Å². The zero-order valence-corrected chi connectivity index (χ0v) is 8.69. The summed E-state index contributed by atoms with van der Waals surface area (Å²) in [6.45, 7) is 3.30. The fraction of sp³-hybridized carbons (Fsp3) is 0.364. The van der Waals surface area contributed by atoms with Crippen molar-refractivity contribution >= 4 is 5.97 Å². The van der Waals surface area contributed by atoms with Gasteiger partial charge in [-0.15, -0.1) is 0 Å². The molecule has 4 heteroatoms. The van der Waals surface area contributed by atoms with Gasteiger partial charge in [0.25, 0.3) is 0 Å². The van der Waals surface area contributed by atoms with Crippen molar-refractivity contribution in [3.05, 3.63) is 23.3 Å². The topological polar surface area (TPSA) is 77.8 Å². The van der Waals surface area contributed by atoms with Crippen molar-refractivity contribution in [1.29, 1.82) is 0 Å². The van der Waals surface area contributed by atoms with Gasteiger partial charge in [-0.05, 0) is 31.0 Å². The van der Waals surface area contributed by atoms with Crippen LogP contribution in [-0.2, 0) is 11.2 Å². The molecular weight excluding hydrogens is 196 g/mol. The lowest BCUT2D eigenvalue weighted by Gasteiger charge is -2.11. The zero-order chi connectivity index (χ0) is 11.6. The molecule has 1 unspecified atom stereocenters. The largest absolute Gasteiger partial charge is 0.508 e. The third kappa shape index (κ3) is 2.21. The maximum absolute atomic E-state index is 10.7. The molecule has 0 aliphatic carbocycles. The average Bonchev–Trinajstić information content (AvgIpc) is 2.15. The number of phenolic OH excluding ortho intramolecular Hbond substituents is 2. The van der Waals surface area contributed by atoms with Crippen LogP contribution in [0.25, 0.3) is 0 Å². The highest BCUT2D eigenvalue weighted by Gasteiger charge is 2.17. The Morgan fingerprint density at radius 2 is 1.80 bits per heavy atom. The Hall–Kier alpha value is -1.71. The fourth-order valence-corrected chi connectivity index (χ4v) is 1.42. The molecule has 0 radical (unpaired) electrons. The monoisotopic (exact) mass is 210 g/mol. The fourth-order valence-electron chi connectivity index (χ4n) is 1.42. The summed E-state index contributed by atoms with van der Waals surface area (Å²) in [6, 6.07) is 2.77. The summed E-state index contributed by atoms with van der Waals surface area (Å²) < 4.78 is 0. The van der Waals surface area contributed by atoms with Crippen LogP contribution in [0.2, 0.25) is 0 Å². The quantitative estimate of drug-likeness (QED) is 0.711. The minimum Gasteiger partial charge on any atom is -0.508 e. The van der Waals surface area contributed by atoms with Gasteiger partial charge >= 0.3 is 5.97 Å². The van der Waals surface area contributed by atoms with E-state index in [-0.39, 0.29) is 11.5 Å². The second kappa shape index (κ2) is 4.21. The first kappa shape index (κ1) is 11.4. The highest BCUT2D eigenvalue weighted by atomic mass is 16.4. The van der Waals surface area contributed by atoms with Gasteiger partial charge in [-0.1, -0.05) is 6.92 Å². The number of carboxylic acids is 1. The summed E-state index contributed by atoms with van der Waals surface area (Å²) in [7, 11) is 0. The first-order chi connectivity index (χ1) is 6.97. The number of hydrogen-bond acceptors (Lipinski definition) is 3. The average molecular weight is 210 g/mol. The molecule has 1 aromatic carbocycles. The maximum Gasteiger partial charge on any atom is 0.310 e. The Labute approximate surface area is 87.8 Å². The number of hydrogen-bond donors (Lipinski definition) is 3. The van der Waals surface area contributed by atoms with E-state index in [0.717, 1.165) is 0 Å². The van der Waals surface area contributed by atoms with Gasteiger partial charge in [-0.25, -0.2) is 0 Å². The van der Waals surface area contributed by atoms with E-state index < -0.39 is 11.9 Å². The maximum atomic E-state index is 10.7. The van der Waals surface area contributed by atoms with E-state index in [0.29, 0.717) is 17.5 Å². The van der Waals surface area contributed by atoms with E-state index in [1.165, 1.54) is 19.1 Å². The van der Waals surface area contributed by atoms with Gasteiger partial charge in [0, 0.05) is 5.56 Å². The van der Waals surface area contributed by atoms with Crippen LogP contribution >= 0.6 is 0 Å². The van der Waals surface area contributed by atoms with Crippen LogP contribution in [0, 0.1) is 0 Å². The molecule has 0 aliphatic heterocycles. The van der Waals surface area contributed by atoms with Crippen LogP contribution in [-0.4, -0.2) is 21.3 Å². The highest BCUT2D eigenvalue weighted by molar-refractivity contribution is 5.76. The van der Waals surface area contributed by atoms with Crippen molar-refractivity contribution in [1.82, 2.24) is 0 Å². The molecule has 1 rings (SSSR count). The summed E-state index contributed by atoms with van der Waals surface area (Å²) in [5.41, 5.74) is 0.839. The second-order valence-electron chi connectivity index (χ2n) is 3.45. The molecule has 0 fully saturated rings. The zero-order valence-electron chi connectivity index (χ0n) is 8.69. The molecule has 0 saturated carbocycles. The Balaban J connectivity index is 3.19. The van der Waals surface area contributed by atoms with Gasteiger partial charge in [0.15, 0.2) is 0 Å². The lowest BCUT2D eigenvalue weighted by atomic mass is 9.98. The molecule has 82 valence electrons. The van der Waals surface area contributed by atoms with Crippen LogP contribution in [0.3, 0.4) is 0 Å². The SMILES string of the molecule is CCc1c(O)cc(C(C)C(=O)O)cc1O. The number of phenols is 2. The number of carbonyl (C=O) groups is 1. The van der Waals surface area contributed by atoms with Gasteiger partial charge in [0.2, 0.25) is 0 Å². The Kier molecular flexibility index (Phi) is 3.19. The third-order valence-electron chi connectivity index (χ3n) is 2.45. The van der Waals surface area contributed by atoms with Crippen molar-refractivity contribution in [3.63, 3.8) is 0 Å². The normalized spacial score (nSPS) is 12.4. The number of rotatable bonds is 3. The van der Waals surface area contributed by atoms with E-state index in [1.807, 2.05) is 0 Å². The van der Waals surface area contributed by atoms with Crippen molar-refractivity contribution in [3.8, 4) is 11.5 Å². The lowest BCUT2D eigenvalue weighted by Crippen LogP contribution is -2.07. The van der Waals surface area contributed by atoms with E-state index in [9.17, 15) is 15.0 Å². The molecule has 0 aliphatic rings. The Morgan fingerprint density at radius 1 is 1.33 bits per heavy atom. The van der Waals surface area contributed by atoms with Gasteiger partial charge in [-0.3, -0.25) is 4.79 Å². The van der Waals surface area contributed by atoms with Gasteiger partial charge < -0.3 is 15.3 Å². The molecule has 0 heterocycles. The smallest absolute Gasteiger partial charge is 0.310 e. The van der Waals surface area contributed by atoms with E-state index >= 15 is 0 Å². The van der Waals surface area contributed by atoms with Crippen LogP contribution in [0.1, 0.15) is 30.9 Å². The molecule has 0 spiro atoms. The van der Waals surface area contributed by atoms with Crippen molar-refractivity contribution in [2.45, 2.75) is 26.2 Å². The number of carboxylic acid groups (broad SMARTS) is 1. The molecule has 0 bridgehead atoms. The summed E-state index contributed by atoms with van der Waals surface area (Å²) in [6.07, 6.45) is 0.499. The first-order valence-corrected chi connectivity index (χ1v) is 4.75. The predicted molar refractivity (Wildman–Crippen MR) is 55.2 cm³/mol. The summed E-state index contributed by atoms with van der Waals surface area (Å²) >= 11 is 0. The van der Waals surface area contributed by atoms with Gasteiger partial charge in [-0.2, -0.15) is 0 Å². The number of aliphatic carboxylic acids is 1. The first-order valence-electron chi connectivity index (χ1n) is 4.75. The molecule has 3 N–H and O–H groups in total. The van der Waals surface area contributed by atoms with Crippen LogP contribution < -0.4 is 0 Å². The Bertz CT molecular complexity index is 361. The molecule has 1 aromatic rings. The van der Waals surface area contributed by atoms with Crippen molar-refractivity contribution in [2.75, 3.05) is 0 Å². The minimum absolute atomic E-state index is 0.0550. The number of aromatic hydroxyl groups is 2. The Morgan fingerprint density at radius 3 is 2.13 bits per heavy atom. The molecule has 0 aromatic heterocycles. The van der Waals surface area contributed by atoms with Gasteiger partial charge in [0.05, 0.1) is 5.92 Å². The molecular formula is C11H14O4. The summed E-state index contributed by atoms with van der Waals surface area (Å²) in [5.74, 6) is -1.84. The summed E-state index contributed by atoms with van der Waals surface area (Å²) in [4.78, 5) is 10.7. The molecule has 0 amide bonds.